The van der Waals surface area contributed by atoms with E-state index in [1.807, 2.05) is 19.0 Å². The molecule has 1 fully saturated rings. The Labute approximate surface area is 124 Å². The Morgan fingerprint density at radius 1 is 1.24 bits per heavy atom. The van der Waals surface area contributed by atoms with Crippen molar-refractivity contribution in [2.75, 3.05) is 46.8 Å². The Bertz CT molecular complexity index is 422. The molecule has 0 aromatic heterocycles. The summed E-state index contributed by atoms with van der Waals surface area (Å²) in [6, 6.07) is -0.423. The molecule has 3 amide bonds. The second-order valence-corrected chi connectivity index (χ2v) is 5.99. The minimum Gasteiger partial charge on any atom is -0.480 e. The van der Waals surface area contributed by atoms with Crippen LogP contribution in [-0.4, -0.2) is 90.1 Å². The number of carboxylic acids is 1. The SMILES string of the molecule is CN(C)CCN(CCN1C(=O)NC(C)(C)C1=O)CC(=O)O. The summed E-state index contributed by atoms with van der Waals surface area (Å²) in [5, 5.41) is 11.5. The van der Waals surface area contributed by atoms with E-state index in [4.69, 9.17) is 5.11 Å². The molecule has 0 atom stereocenters. The van der Waals surface area contributed by atoms with E-state index in [1.54, 1.807) is 18.7 Å². The zero-order chi connectivity index (χ0) is 16.2. The highest BCUT2D eigenvalue weighted by atomic mass is 16.4. The monoisotopic (exact) mass is 300 g/mol. The third-order valence-electron chi connectivity index (χ3n) is 3.31. The molecule has 1 heterocycles. The third-order valence-corrected chi connectivity index (χ3v) is 3.31. The maximum atomic E-state index is 12.0. The van der Waals surface area contributed by atoms with Crippen LogP contribution in [0.25, 0.3) is 0 Å². The normalized spacial score (nSPS) is 17.7. The minimum absolute atomic E-state index is 0.110. The molecule has 0 saturated carbocycles. The van der Waals surface area contributed by atoms with E-state index in [-0.39, 0.29) is 19.0 Å². The highest BCUT2D eigenvalue weighted by Gasteiger charge is 2.43. The van der Waals surface area contributed by atoms with Crippen molar-refractivity contribution >= 4 is 17.9 Å². The minimum atomic E-state index is -0.925. The van der Waals surface area contributed by atoms with Gasteiger partial charge in [0.05, 0.1) is 6.54 Å². The van der Waals surface area contributed by atoms with Gasteiger partial charge in [0.1, 0.15) is 5.54 Å². The molecule has 8 heteroatoms. The fourth-order valence-corrected chi connectivity index (χ4v) is 2.07. The molecule has 0 aromatic carbocycles. The van der Waals surface area contributed by atoms with Gasteiger partial charge in [0.25, 0.3) is 5.91 Å². The average molecular weight is 300 g/mol. The highest BCUT2D eigenvalue weighted by Crippen LogP contribution is 2.16. The summed E-state index contributed by atoms with van der Waals surface area (Å²) in [7, 11) is 3.80. The van der Waals surface area contributed by atoms with Crippen LogP contribution >= 0.6 is 0 Å². The topological polar surface area (TPSA) is 93.2 Å². The van der Waals surface area contributed by atoms with Crippen LogP contribution in [0.3, 0.4) is 0 Å². The van der Waals surface area contributed by atoms with Gasteiger partial charge < -0.3 is 15.3 Å². The number of hydrogen-bond donors (Lipinski definition) is 2. The van der Waals surface area contributed by atoms with Crippen LogP contribution in [0.1, 0.15) is 13.8 Å². The quantitative estimate of drug-likeness (QED) is 0.574. The van der Waals surface area contributed by atoms with Gasteiger partial charge in [0.2, 0.25) is 0 Å². The second-order valence-electron chi connectivity index (χ2n) is 5.99. The average Bonchev–Trinajstić information content (AvgIpc) is 2.52. The molecule has 0 aromatic rings. The van der Waals surface area contributed by atoms with Crippen molar-refractivity contribution < 1.29 is 19.5 Å². The van der Waals surface area contributed by atoms with Gasteiger partial charge in [-0.2, -0.15) is 0 Å². The van der Waals surface area contributed by atoms with Crippen molar-refractivity contribution in [1.82, 2.24) is 20.0 Å². The van der Waals surface area contributed by atoms with Crippen molar-refractivity contribution in [3.8, 4) is 0 Å². The lowest BCUT2D eigenvalue weighted by molar-refractivity contribution is -0.138. The Morgan fingerprint density at radius 3 is 2.29 bits per heavy atom. The maximum Gasteiger partial charge on any atom is 0.325 e. The van der Waals surface area contributed by atoms with Gasteiger partial charge in [0, 0.05) is 26.2 Å². The van der Waals surface area contributed by atoms with E-state index in [0.29, 0.717) is 19.6 Å². The van der Waals surface area contributed by atoms with E-state index in [2.05, 4.69) is 5.32 Å². The number of likely N-dealkylation sites (N-methyl/N-ethyl adjacent to an activating group) is 1. The Morgan fingerprint density at radius 2 is 1.86 bits per heavy atom. The Hall–Kier alpha value is -1.67. The van der Waals surface area contributed by atoms with Gasteiger partial charge in [-0.3, -0.25) is 19.4 Å². The van der Waals surface area contributed by atoms with Gasteiger partial charge in [0.15, 0.2) is 0 Å². The molecule has 1 aliphatic heterocycles. The van der Waals surface area contributed by atoms with Crippen LogP contribution < -0.4 is 5.32 Å². The number of rotatable bonds is 8. The molecule has 0 unspecified atom stereocenters. The fraction of sp³-hybridized carbons (Fsp3) is 0.769. The smallest absolute Gasteiger partial charge is 0.325 e. The molecule has 2 N–H and O–H groups in total. The summed E-state index contributed by atoms with van der Waals surface area (Å²) in [4.78, 5) is 39.5. The number of urea groups is 1. The summed E-state index contributed by atoms with van der Waals surface area (Å²) in [6.07, 6.45) is 0. The van der Waals surface area contributed by atoms with E-state index in [0.717, 1.165) is 4.90 Å². The lowest BCUT2D eigenvalue weighted by Gasteiger charge is -2.24. The van der Waals surface area contributed by atoms with Crippen LogP contribution in [0, 0.1) is 0 Å². The van der Waals surface area contributed by atoms with E-state index in [1.165, 1.54) is 0 Å². The maximum absolute atomic E-state index is 12.0. The predicted molar refractivity (Wildman–Crippen MR) is 77.0 cm³/mol. The Balaban J connectivity index is 2.57. The van der Waals surface area contributed by atoms with Crippen LogP contribution in [0.15, 0.2) is 0 Å². The van der Waals surface area contributed by atoms with Crippen molar-refractivity contribution in [2.24, 2.45) is 0 Å². The first-order valence-corrected chi connectivity index (χ1v) is 6.86. The van der Waals surface area contributed by atoms with Crippen molar-refractivity contribution in [1.29, 1.82) is 0 Å². The van der Waals surface area contributed by atoms with Gasteiger partial charge in [-0.05, 0) is 27.9 Å². The van der Waals surface area contributed by atoms with Crippen molar-refractivity contribution in [3.05, 3.63) is 0 Å². The van der Waals surface area contributed by atoms with E-state index < -0.39 is 17.5 Å². The largest absolute Gasteiger partial charge is 0.480 e. The molecule has 0 radical (unpaired) electrons. The van der Waals surface area contributed by atoms with Gasteiger partial charge in [-0.1, -0.05) is 0 Å². The molecule has 0 bridgehead atoms. The number of imide groups is 1. The number of nitrogens with one attached hydrogen (secondary N) is 1. The molecule has 1 aliphatic rings. The zero-order valence-electron chi connectivity index (χ0n) is 13.0. The van der Waals surface area contributed by atoms with Crippen LogP contribution in [0.5, 0.6) is 0 Å². The number of hydrogen-bond acceptors (Lipinski definition) is 5. The van der Waals surface area contributed by atoms with E-state index in [9.17, 15) is 14.4 Å². The van der Waals surface area contributed by atoms with Crippen LogP contribution in [-0.2, 0) is 9.59 Å². The molecule has 120 valence electrons. The summed E-state index contributed by atoms with van der Waals surface area (Å²) >= 11 is 0. The second kappa shape index (κ2) is 6.86. The van der Waals surface area contributed by atoms with Crippen molar-refractivity contribution in [2.45, 2.75) is 19.4 Å². The number of carbonyl (C=O) groups excluding carboxylic acids is 2. The lowest BCUT2D eigenvalue weighted by atomic mass is 10.1. The predicted octanol–water partition coefficient (Wildman–Crippen LogP) is -0.735. The number of amides is 3. The van der Waals surface area contributed by atoms with Crippen molar-refractivity contribution in [3.63, 3.8) is 0 Å². The number of carboxylic acid groups (broad SMARTS) is 1. The molecule has 0 spiro atoms. The van der Waals surface area contributed by atoms with E-state index >= 15 is 0 Å². The zero-order valence-corrected chi connectivity index (χ0v) is 13.0. The molecule has 0 aliphatic carbocycles. The molecule has 1 saturated heterocycles. The van der Waals surface area contributed by atoms with Crippen LogP contribution in [0.4, 0.5) is 4.79 Å². The summed E-state index contributed by atoms with van der Waals surface area (Å²) < 4.78 is 0. The van der Waals surface area contributed by atoms with Gasteiger partial charge in [-0.25, -0.2) is 4.79 Å². The van der Waals surface area contributed by atoms with Gasteiger partial charge >= 0.3 is 12.0 Å². The Kier molecular flexibility index (Phi) is 5.68. The highest BCUT2D eigenvalue weighted by molar-refractivity contribution is 6.06. The molecule has 8 nitrogen and oxygen atoms in total. The summed E-state index contributed by atoms with van der Waals surface area (Å²) in [5.74, 6) is -1.21. The van der Waals surface area contributed by atoms with Crippen LogP contribution in [0.2, 0.25) is 0 Å². The first-order chi connectivity index (χ1) is 9.63. The fourth-order valence-electron chi connectivity index (χ4n) is 2.07. The standard InChI is InChI=1S/C13H24N4O4/c1-13(2)11(20)17(12(21)14-13)8-7-16(9-10(18)19)6-5-15(3)4/h5-9H2,1-4H3,(H,14,21)(H,18,19). The number of carbonyl (C=O) groups is 3. The summed E-state index contributed by atoms with van der Waals surface area (Å²) in [5.41, 5.74) is -0.891. The third kappa shape index (κ3) is 4.98. The molecular formula is C13H24N4O4. The molecule has 21 heavy (non-hydrogen) atoms. The first-order valence-electron chi connectivity index (χ1n) is 6.86. The first kappa shape index (κ1) is 17.4. The molecule has 1 rings (SSSR count). The lowest BCUT2D eigenvalue weighted by Crippen LogP contribution is -2.44. The number of aliphatic carboxylic acids is 1. The molecular weight excluding hydrogens is 276 g/mol. The summed E-state index contributed by atoms with van der Waals surface area (Å²) in [6.45, 7) is 4.99. The van der Waals surface area contributed by atoms with Gasteiger partial charge in [-0.15, -0.1) is 0 Å². The number of nitrogens with zero attached hydrogens (tertiary/aromatic N) is 3.